The van der Waals surface area contributed by atoms with Crippen LogP contribution in [0, 0.1) is 29.9 Å². The Hall–Kier alpha value is -1.52. The molecule has 0 amide bonds. The second-order valence-corrected chi connectivity index (χ2v) is 5.98. The van der Waals surface area contributed by atoms with E-state index < -0.39 is 32.1 Å². The van der Waals surface area contributed by atoms with Crippen LogP contribution in [-0.4, -0.2) is 14.0 Å². The van der Waals surface area contributed by atoms with E-state index in [2.05, 4.69) is 4.72 Å². The Morgan fingerprint density at radius 2 is 1.94 bits per heavy atom. The highest BCUT2D eigenvalue weighted by Crippen LogP contribution is 2.36. The standard InChI is InChI=1S/C11H10F2N2O2S/c1-7-4-10(9(13)5-8(7)12)18(16,17)15-11(6-14)2-3-11/h4-5,15H,2-3H2,1H3. The van der Waals surface area contributed by atoms with E-state index in [9.17, 15) is 17.2 Å². The molecule has 1 aromatic carbocycles. The molecule has 18 heavy (non-hydrogen) atoms. The highest BCUT2D eigenvalue weighted by Gasteiger charge is 2.47. The lowest BCUT2D eigenvalue weighted by Gasteiger charge is -2.11. The summed E-state index contributed by atoms with van der Waals surface area (Å²) >= 11 is 0. The number of benzene rings is 1. The molecule has 0 bridgehead atoms. The average Bonchev–Trinajstić information content (AvgIpc) is 3.03. The molecule has 1 aliphatic carbocycles. The summed E-state index contributed by atoms with van der Waals surface area (Å²) in [6.07, 6.45) is 0.787. The molecule has 4 nitrogen and oxygen atoms in total. The first kappa shape index (κ1) is 12.9. The van der Waals surface area contributed by atoms with Gasteiger partial charge in [-0.15, -0.1) is 0 Å². The molecule has 1 saturated carbocycles. The van der Waals surface area contributed by atoms with Crippen LogP contribution in [0.1, 0.15) is 18.4 Å². The summed E-state index contributed by atoms with van der Waals surface area (Å²) in [6, 6.07) is 3.28. The van der Waals surface area contributed by atoms with E-state index in [4.69, 9.17) is 5.26 Å². The van der Waals surface area contributed by atoms with Gasteiger partial charge < -0.3 is 0 Å². The van der Waals surface area contributed by atoms with Crippen LogP contribution in [0.4, 0.5) is 8.78 Å². The SMILES string of the molecule is Cc1cc(S(=O)(=O)NC2(C#N)CC2)c(F)cc1F. The van der Waals surface area contributed by atoms with Crippen LogP contribution in [-0.2, 0) is 10.0 Å². The van der Waals surface area contributed by atoms with Crippen LogP contribution in [0.5, 0.6) is 0 Å². The largest absolute Gasteiger partial charge is 0.244 e. The lowest BCUT2D eigenvalue weighted by molar-refractivity contribution is 0.536. The van der Waals surface area contributed by atoms with Gasteiger partial charge in [0.2, 0.25) is 10.0 Å². The van der Waals surface area contributed by atoms with Gasteiger partial charge in [-0.2, -0.15) is 9.98 Å². The molecule has 0 heterocycles. The molecule has 0 atom stereocenters. The maximum absolute atomic E-state index is 13.5. The van der Waals surface area contributed by atoms with Crippen molar-refractivity contribution in [1.82, 2.24) is 4.72 Å². The Morgan fingerprint density at radius 3 is 2.44 bits per heavy atom. The zero-order valence-corrected chi connectivity index (χ0v) is 10.3. The summed E-state index contributed by atoms with van der Waals surface area (Å²) < 4.78 is 52.5. The second kappa shape index (κ2) is 4.00. The maximum atomic E-state index is 13.5. The molecule has 0 spiro atoms. The summed E-state index contributed by atoms with van der Waals surface area (Å²) in [4.78, 5) is -0.636. The fraction of sp³-hybridized carbons (Fsp3) is 0.364. The van der Waals surface area contributed by atoms with Crippen LogP contribution < -0.4 is 4.72 Å². The monoisotopic (exact) mass is 272 g/mol. The number of halogens is 2. The molecule has 0 unspecified atom stereocenters. The molecule has 0 radical (unpaired) electrons. The first-order valence-corrected chi connectivity index (χ1v) is 6.69. The zero-order chi connectivity index (χ0) is 13.6. The van der Waals surface area contributed by atoms with Crippen molar-refractivity contribution in [2.24, 2.45) is 0 Å². The number of hydrogen-bond donors (Lipinski definition) is 1. The fourth-order valence-corrected chi connectivity index (χ4v) is 3.03. The topological polar surface area (TPSA) is 70.0 Å². The third-order valence-corrected chi connectivity index (χ3v) is 4.35. The number of sulfonamides is 1. The van der Waals surface area contributed by atoms with Crippen molar-refractivity contribution >= 4 is 10.0 Å². The molecule has 1 N–H and O–H groups in total. The molecule has 1 aliphatic rings. The predicted octanol–water partition coefficient (Wildman–Crippen LogP) is 1.61. The number of aryl methyl sites for hydroxylation is 1. The van der Waals surface area contributed by atoms with Gasteiger partial charge in [0, 0.05) is 6.07 Å². The Labute approximate surface area is 103 Å². The van der Waals surface area contributed by atoms with Crippen molar-refractivity contribution in [3.8, 4) is 6.07 Å². The van der Waals surface area contributed by atoms with Gasteiger partial charge in [0.25, 0.3) is 0 Å². The van der Waals surface area contributed by atoms with E-state index in [1.807, 2.05) is 6.07 Å². The Bertz CT molecular complexity index is 646. The summed E-state index contributed by atoms with van der Waals surface area (Å²) in [7, 11) is -4.15. The first-order valence-electron chi connectivity index (χ1n) is 5.20. The minimum atomic E-state index is -4.15. The normalized spacial score (nSPS) is 17.2. The number of hydrogen-bond acceptors (Lipinski definition) is 3. The summed E-state index contributed by atoms with van der Waals surface area (Å²) in [6.45, 7) is 1.34. The van der Waals surface area contributed by atoms with Crippen LogP contribution in [0.25, 0.3) is 0 Å². The van der Waals surface area contributed by atoms with Gasteiger partial charge in [0.15, 0.2) is 0 Å². The number of nitriles is 1. The highest BCUT2D eigenvalue weighted by molar-refractivity contribution is 7.89. The predicted molar refractivity (Wildman–Crippen MR) is 59.0 cm³/mol. The number of nitrogens with zero attached hydrogens (tertiary/aromatic N) is 1. The van der Waals surface area contributed by atoms with Gasteiger partial charge >= 0.3 is 0 Å². The zero-order valence-electron chi connectivity index (χ0n) is 9.50. The van der Waals surface area contributed by atoms with Crippen LogP contribution in [0.2, 0.25) is 0 Å². The van der Waals surface area contributed by atoms with E-state index >= 15 is 0 Å². The Balaban J connectivity index is 2.43. The summed E-state index contributed by atoms with van der Waals surface area (Å²) in [5.74, 6) is -1.98. The quantitative estimate of drug-likeness (QED) is 0.908. The molecular formula is C11H10F2N2O2S. The van der Waals surface area contributed by atoms with Crippen LogP contribution in [0.3, 0.4) is 0 Å². The van der Waals surface area contributed by atoms with Gasteiger partial charge in [0.05, 0.1) is 6.07 Å². The lowest BCUT2D eigenvalue weighted by Crippen LogP contribution is -2.36. The van der Waals surface area contributed by atoms with Crippen molar-refractivity contribution in [3.63, 3.8) is 0 Å². The molecule has 0 aromatic heterocycles. The molecule has 1 fully saturated rings. The van der Waals surface area contributed by atoms with Gasteiger partial charge in [-0.3, -0.25) is 0 Å². The van der Waals surface area contributed by atoms with Crippen molar-refractivity contribution in [3.05, 3.63) is 29.3 Å². The summed E-state index contributed by atoms with van der Waals surface area (Å²) in [5, 5.41) is 8.80. The van der Waals surface area contributed by atoms with Gasteiger partial charge in [0.1, 0.15) is 22.1 Å². The van der Waals surface area contributed by atoms with Crippen LogP contribution >= 0.6 is 0 Å². The number of nitrogens with one attached hydrogen (secondary N) is 1. The Kier molecular flexibility index (Phi) is 2.87. The molecular weight excluding hydrogens is 262 g/mol. The van der Waals surface area contributed by atoms with Gasteiger partial charge in [-0.25, -0.2) is 17.2 Å². The summed E-state index contributed by atoms with van der Waals surface area (Å²) in [5.41, 5.74) is -1.10. The van der Waals surface area contributed by atoms with Gasteiger partial charge in [-0.1, -0.05) is 0 Å². The lowest BCUT2D eigenvalue weighted by atomic mass is 10.2. The first-order chi connectivity index (χ1) is 8.30. The van der Waals surface area contributed by atoms with Crippen molar-refractivity contribution < 1.29 is 17.2 Å². The minimum Gasteiger partial charge on any atom is -0.207 e. The average molecular weight is 272 g/mol. The van der Waals surface area contributed by atoms with E-state index in [0.29, 0.717) is 18.9 Å². The Morgan fingerprint density at radius 1 is 1.33 bits per heavy atom. The van der Waals surface area contributed by atoms with Gasteiger partial charge in [-0.05, 0) is 31.4 Å². The molecule has 2 rings (SSSR count). The maximum Gasteiger partial charge on any atom is 0.244 e. The third kappa shape index (κ3) is 2.21. The second-order valence-electron chi connectivity index (χ2n) is 4.33. The third-order valence-electron chi connectivity index (χ3n) is 2.80. The molecule has 96 valence electrons. The van der Waals surface area contributed by atoms with E-state index in [-0.39, 0.29) is 5.56 Å². The molecule has 7 heteroatoms. The number of rotatable bonds is 3. The van der Waals surface area contributed by atoms with Crippen molar-refractivity contribution in [2.75, 3.05) is 0 Å². The van der Waals surface area contributed by atoms with E-state index in [1.54, 1.807) is 0 Å². The van der Waals surface area contributed by atoms with Crippen molar-refractivity contribution in [1.29, 1.82) is 5.26 Å². The highest BCUT2D eigenvalue weighted by atomic mass is 32.2. The fourth-order valence-electron chi connectivity index (χ4n) is 1.51. The molecule has 1 aromatic rings. The van der Waals surface area contributed by atoms with E-state index in [0.717, 1.165) is 6.07 Å². The van der Waals surface area contributed by atoms with Crippen molar-refractivity contribution in [2.45, 2.75) is 30.2 Å². The minimum absolute atomic E-state index is 0.0265. The van der Waals surface area contributed by atoms with Crippen LogP contribution in [0.15, 0.2) is 17.0 Å². The smallest absolute Gasteiger partial charge is 0.207 e. The van der Waals surface area contributed by atoms with E-state index in [1.165, 1.54) is 6.92 Å². The molecule has 0 saturated heterocycles. The molecule has 0 aliphatic heterocycles.